The molecule has 0 radical (unpaired) electrons. The Hall–Kier alpha value is -2.69. The van der Waals surface area contributed by atoms with Gasteiger partial charge in [0, 0.05) is 25.3 Å². The van der Waals surface area contributed by atoms with E-state index >= 15 is 0 Å². The first-order valence-electron chi connectivity index (χ1n) is 8.71. The van der Waals surface area contributed by atoms with Crippen molar-refractivity contribution in [1.82, 2.24) is 5.32 Å². The number of benzene rings is 2. The minimum atomic E-state index is -0.621. The molecule has 132 valence electrons. The fourth-order valence-corrected chi connectivity index (χ4v) is 2.87. The van der Waals surface area contributed by atoms with Gasteiger partial charge < -0.3 is 19.7 Å². The molecule has 0 fully saturated rings. The maximum Gasteiger partial charge on any atom is 0.264 e. The summed E-state index contributed by atoms with van der Waals surface area (Å²) in [5.41, 5.74) is 2.25. The molecule has 0 bridgehead atoms. The summed E-state index contributed by atoms with van der Waals surface area (Å²) in [5.74, 6) is 1.12. The molecule has 1 aliphatic heterocycles. The summed E-state index contributed by atoms with van der Waals surface area (Å²) >= 11 is 0. The summed E-state index contributed by atoms with van der Waals surface area (Å²) in [6.07, 6.45) is -0.621. The van der Waals surface area contributed by atoms with Crippen molar-refractivity contribution in [3.05, 3.63) is 54.1 Å². The van der Waals surface area contributed by atoms with Crippen LogP contribution in [0.3, 0.4) is 0 Å². The minimum absolute atomic E-state index is 0.165. The van der Waals surface area contributed by atoms with Crippen molar-refractivity contribution < 1.29 is 14.3 Å². The number of nitrogens with zero attached hydrogens (tertiary/aromatic N) is 1. The van der Waals surface area contributed by atoms with Gasteiger partial charge in [0.25, 0.3) is 5.91 Å². The summed E-state index contributed by atoms with van der Waals surface area (Å²) in [4.78, 5) is 14.6. The van der Waals surface area contributed by atoms with Crippen LogP contribution in [-0.2, 0) is 11.3 Å². The van der Waals surface area contributed by atoms with E-state index in [1.807, 2.05) is 30.3 Å². The Morgan fingerprint density at radius 1 is 1.08 bits per heavy atom. The van der Waals surface area contributed by atoms with Gasteiger partial charge in [-0.25, -0.2) is 0 Å². The Balaban J connectivity index is 1.54. The Bertz CT molecular complexity index is 711. The van der Waals surface area contributed by atoms with Gasteiger partial charge in [0.1, 0.15) is 6.61 Å². The molecule has 2 aromatic carbocycles. The number of hydrogen-bond donors (Lipinski definition) is 1. The predicted molar refractivity (Wildman–Crippen MR) is 98.2 cm³/mol. The van der Waals surface area contributed by atoms with Crippen LogP contribution in [0.15, 0.2) is 48.5 Å². The molecule has 0 aromatic heterocycles. The van der Waals surface area contributed by atoms with E-state index in [0.29, 0.717) is 18.0 Å². The second-order valence-electron chi connectivity index (χ2n) is 5.92. The second kappa shape index (κ2) is 7.92. The smallest absolute Gasteiger partial charge is 0.264 e. The van der Waals surface area contributed by atoms with Gasteiger partial charge in [-0.1, -0.05) is 24.3 Å². The fourth-order valence-electron chi connectivity index (χ4n) is 2.87. The third-order valence-electron chi connectivity index (χ3n) is 4.33. The van der Waals surface area contributed by atoms with Crippen molar-refractivity contribution in [2.75, 3.05) is 24.6 Å². The molecule has 1 heterocycles. The number of ether oxygens (including phenoxy) is 2. The van der Waals surface area contributed by atoms with Crippen molar-refractivity contribution in [1.29, 1.82) is 0 Å². The second-order valence-corrected chi connectivity index (χ2v) is 5.92. The van der Waals surface area contributed by atoms with Crippen molar-refractivity contribution in [2.24, 2.45) is 0 Å². The van der Waals surface area contributed by atoms with Gasteiger partial charge in [-0.2, -0.15) is 0 Å². The monoisotopic (exact) mass is 340 g/mol. The first kappa shape index (κ1) is 17.1. The first-order chi connectivity index (χ1) is 12.2. The van der Waals surface area contributed by atoms with Crippen molar-refractivity contribution in [2.45, 2.75) is 26.5 Å². The topological polar surface area (TPSA) is 50.8 Å². The van der Waals surface area contributed by atoms with Crippen LogP contribution < -0.4 is 19.7 Å². The predicted octanol–water partition coefficient (Wildman–Crippen LogP) is 2.99. The highest BCUT2D eigenvalue weighted by atomic mass is 16.6. The summed E-state index contributed by atoms with van der Waals surface area (Å²) in [6.45, 7) is 6.94. The van der Waals surface area contributed by atoms with E-state index in [1.54, 1.807) is 6.07 Å². The summed E-state index contributed by atoms with van der Waals surface area (Å²) in [7, 11) is 0. The molecule has 5 nitrogen and oxygen atoms in total. The average molecular weight is 340 g/mol. The highest BCUT2D eigenvalue weighted by Crippen LogP contribution is 2.30. The molecule has 1 atom stereocenters. The van der Waals surface area contributed by atoms with Gasteiger partial charge in [0.2, 0.25) is 6.10 Å². The van der Waals surface area contributed by atoms with E-state index in [2.05, 4.69) is 36.2 Å². The molecule has 1 N–H and O–H groups in total. The van der Waals surface area contributed by atoms with Crippen molar-refractivity contribution in [3.63, 3.8) is 0 Å². The normalized spacial score (nSPS) is 15.5. The van der Waals surface area contributed by atoms with Crippen LogP contribution in [0.2, 0.25) is 0 Å². The first-order valence-corrected chi connectivity index (χ1v) is 8.71. The van der Waals surface area contributed by atoms with Crippen LogP contribution in [0.25, 0.3) is 0 Å². The average Bonchev–Trinajstić information content (AvgIpc) is 2.67. The van der Waals surface area contributed by atoms with Crippen LogP contribution in [0.5, 0.6) is 11.5 Å². The van der Waals surface area contributed by atoms with Crippen LogP contribution in [0.1, 0.15) is 19.4 Å². The Labute approximate surface area is 148 Å². The lowest BCUT2D eigenvalue weighted by atomic mass is 10.2. The summed E-state index contributed by atoms with van der Waals surface area (Å²) in [5, 5.41) is 2.92. The zero-order valence-electron chi connectivity index (χ0n) is 14.7. The molecular formula is C20H24N2O3. The molecule has 0 saturated heterocycles. The Kier molecular flexibility index (Phi) is 5.43. The minimum Gasteiger partial charge on any atom is -0.485 e. The van der Waals surface area contributed by atoms with Gasteiger partial charge in [-0.15, -0.1) is 0 Å². The molecule has 0 saturated carbocycles. The number of amides is 1. The van der Waals surface area contributed by atoms with E-state index in [-0.39, 0.29) is 12.5 Å². The number of fused-ring (bicyclic) bond motifs is 1. The maximum atomic E-state index is 12.3. The Morgan fingerprint density at radius 2 is 1.76 bits per heavy atom. The zero-order chi connectivity index (χ0) is 17.6. The molecular weight excluding hydrogens is 316 g/mol. The molecule has 3 rings (SSSR count). The standard InChI is InChI=1S/C20H24N2O3/c1-3-22(4-2)16-11-9-15(10-12-16)13-21-20(23)19-14-24-17-7-5-6-8-18(17)25-19/h5-12,19H,3-4,13-14H2,1-2H3,(H,21,23). The van der Waals surface area contributed by atoms with E-state index < -0.39 is 6.10 Å². The maximum absolute atomic E-state index is 12.3. The molecule has 2 aromatic rings. The van der Waals surface area contributed by atoms with E-state index in [9.17, 15) is 4.79 Å². The molecule has 1 unspecified atom stereocenters. The number of anilines is 1. The number of hydrogen-bond acceptors (Lipinski definition) is 4. The molecule has 0 spiro atoms. The summed E-state index contributed by atoms with van der Waals surface area (Å²) < 4.78 is 11.3. The van der Waals surface area contributed by atoms with Crippen LogP contribution >= 0.6 is 0 Å². The highest BCUT2D eigenvalue weighted by Gasteiger charge is 2.26. The van der Waals surface area contributed by atoms with Crippen molar-refractivity contribution in [3.8, 4) is 11.5 Å². The number of carbonyl (C=O) groups excluding carboxylic acids is 1. The molecule has 1 aliphatic rings. The molecule has 25 heavy (non-hydrogen) atoms. The lowest BCUT2D eigenvalue weighted by Gasteiger charge is -2.25. The third kappa shape index (κ3) is 4.05. The van der Waals surface area contributed by atoms with Gasteiger partial charge in [0.05, 0.1) is 0 Å². The van der Waals surface area contributed by atoms with Gasteiger partial charge in [-0.05, 0) is 43.7 Å². The van der Waals surface area contributed by atoms with Gasteiger partial charge in [-0.3, -0.25) is 4.79 Å². The molecule has 0 aliphatic carbocycles. The molecule has 1 amide bonds. The fraction of sp³-hybridized carbons (Fsp3) is 0.350. The number of nitrogens with one attached hydrogen (secondary N) is 1. The van der Waals surface area contributed by atoms with Crippen molar-refractivity contribution >= 4 is 11.6 Å². The van der Waals surface area contributed by atoms with E-state index in [1.165, 1.54) is 5.69 Å². The highest BCUT2D eigenvalue weighted by molar-refractivity contribution is 5.81. The lowest BCUT2D eigenvalue weighted by molar-refractivity contribution is -0.130. The van der Waals surface area contributed by atoms with E-state index in [4.69, 9.17) is 9.47 Å². The molecule has 5 heteroatoms. The number of para-hydroxylation sites is 2. The Morgan fingerprint density at radius 3 is 2.44 bits per heavy atom. The van der Waals surface area contributed by atoms with E-state index in [0.717, 1.165) is 18.7 Å². The SMILES string of the molecule is CCN(CC)c1ccc(CNC(=O)C2COc3ccccc3O2)cc1. The van der Waals surface area contributed by atoms with Gasteiger partial charge in [0.15, 0.2) is 11.5 Å². The zero-order valence-corrected chi connectivity index (χ0v) is 14.7. The van der Waals surface area contributed by atoms with Crippen LogP contribution in [0.4, 0.5) is 5.69 Å². The van der Waals surface area contributed by atoms with Crippen LogP contribution in [-0.4, -0.2) is 31.7 Å². The van der Waals surface area contributed by atoms with Gasteiger partial charge >= 0.3 is 0 Å². The number of rotatable bonds is 6. The lowest BCUT2D eigenvalue weighted by Crippen LogP contribution is -2.43. The quantitative estimate of drug-likeness (QED) is 0.878. The summed E-state index contributed by atoms with van der Waals surface area (Å²) in [6, 6.07) is 15.6. The largest absolute Gasteiger partial charge is 0.485 e. The number of carbonyl (C=O) groups is 1. The third-order valence-corrected chi connectivity index (χ3v) is 4.33. The van der Waals surface area contributed by atoms with Crippen LogP contribution in [0, 0.1) is 0 Å².